The summed E-state index contributed by atoms with van der Waals surface area (Å²) in [5.41, 5.74) is 7.63. The summed E-state index contributed by atoms with van der Waals surface area (Å²) in [6.45, 7) is 3.35. The molecule has 0 radical (unpaired) electrons. The van der Waals surface area contributed by atoms with Crippen molar-refractivity contribution < 1.29 is 24.3 Å². The second kappa shape index (κ2) is 13.9. The molecule has 3 unspecified atom stereocenters. The molecule has 9 nitrogen and oxygen atoms in total. The largest absolute Gasteiger partial charge is 0.480 e. The van der Waals surface area contributed by atoms with E-state index in [4.69, 9.17) is 5.73 Å². The fourth-order valence-corrected chi connectivity index (χ4v) is 3.53. The second-order valence-corrected chi connectivity index (χ2v) is 8.85. The molecule has 0 aliphatic rings. The Morgan fingerprint density at radius 1 is 0.800 bits per heavy atom. The molecule has 35 heavy (non-hydrogen) atoms. The zero-order valence-electron chi connectivity index (χ0n) is 20.1. The number of carbonyl (C=O) groups is 4. The molecule has 0 aromatic heterocycles. The van der Waals surface area contributed by atoms with E-state index in [0.29, 0.717) is 6.42 Å². The maximum Gasteiger partial charge on any atom is 0.326 e. The normalized spacial score (nSPS) is 13.4. The number of aliphatic carboxylic acids is 1. The molecule has 3 atom stereocenters. The van der Waals surface area contributed by atoms with Crippen molar-refractivity contribution in [1.29, 1.82) is 0 Å². The van der Waals surface area contributed by atoms with Crippen molar-refractivity contribution in [2.75, 3.05) is 6.54 Å². The molecule has 0 aliphatic carbocycles. The van der Waals surface area contributed by atoms with Gasteiger partial charge in [-0.1, -0.05) is 74.5 Å². The molecule has 0 heterocycles. The van der Waals surface area contributed by atoms with Gasteiger partial charge in [0, 0.05) is 6.42 Å². The van der Waals surface area contributed by atoms with Crippen LogP contribution < -0.4 is 21.7 Å². The van der Waals surface area contributed by atoms with E-state index in [9.17, 15) is 24.3 Å². The predicted octanol–water partition coefficient (Wildman–Crippen LogP) is 1.02. The van der Waals surface area contributed by atoms with E-state index in [1.54, 1.807) is 24.3 Å². The molecular formula is C26H34N4O5. The lowest BCUT2D eigenvalue weighted by atomic mass is 10.0. The number of hydrogen-bond acceptors (Lipinski definition) is 5. The van der Waals surface area contributed by atoms with Crippen LogP contribution in [0.25, 0.3) is 0 Å². The Morgan fingerprint density at radius 2 is 1.34 bits per heavy atom. The first-order valence-corrected chi connectivity index (χ1v) is 11.6. The van der Waals surface area contributed by atoms with Gasteiger partial charge >= 0.3 is 5.97 Å². The Morgan fingerprint density at radius 3 is 1.86 bits per heavy atom. The maximum absolute atomic E-state index is 12.9. The summed E-state index contributed by atoms with van der Waals surface area (Å²) in [7, 11) is 0. The molecule has 0 saturated heterocycles. The molecule has 9 heteroatoms. The van der Waals surface area contributed by atoms with Crippen molar-refractivity contribution in [3.8, 4) is 0 Å². The Labute approximate surface area is 205 Å². The summed E-state index contributed by atoms with van der Waals surface area (Å²) in [5.74, 6) is -2.78. The van der Waals surface area contributed by atoms with Crippen LogP contribution >= 0.6 is 0 Å². The van der Waals surface area contributed by atoms with Gasteiger partial charge in [0.25, 0.3) is 0 Å². The van der Waals surface area contributed by atoms with E-state index in [2.05, 4.69) is 16.0 Å². The molecule has 3 amide bonds. The van der Waals surface area contributed by atoms with E-state index < -0.39 is 41.8 Å². The van der Waals surface area contributed by atoms with Gasteiger partial charge in [0.2, 0.25) is 17.7 Å². The van der Waals surface area contributed by atoms with Crippen LogP contribution in [0, 0.1) is 5.92 Å². The minimum absolute atomic E-state index is 0.0499. The number of carboxylic acids is 1. The Hall–Kier alpha value is -3.72. The van der Waals surface area contributed by atoms with Gasteiger partial charge in [0.15, 0.2) is 0 Å². The Kier molecular flexibility index (Phi) is 10.9. The van der Waals surface area contributed by atoms with E-state index in [0.717, 1.165) is 11.1 Å². The highest BCUT2D eigenvalue weighted by Crippen LogP contribution is 2.08. The number of nitrogens with two attached hydrogens (primary N) is 1. The summed E-state index contributed by atoms with van der Waals surface area (Å²) in [4.78, 5) is 49.4. The maximum atomic E-state index is 12.9. The molecule has 0 fully saturated rings. The van der Waals surface area contributed by atoms with Gasteiger partial charge in [-0.15, -0.1) is 0 Å². The number of amides is 3. The van der Waals surface area contributed by atoms with Crippen molar-refractivity contribution in [3.05, 3.63) is 71.8 Å². The molecule has 2 aromatic rings. The number of carboxylic acid groups (broad SMARTS) is 1. The van der Waals surface area contributed by atoms with Crippen molar-refractivity contribution in [3.63, 3.8) is 0 Å². The molecule has 0 spiro atoms. The molecule has 2 rings (SSSR count). The smallest absolute Gasteiger partial charge is 0.326 e. The standard InChI is InChI=1S/C26H34N4O5/c1-17(2)13-22(26(34)35)30-25(33)21(15-19-11-7-4-8-12-19)29-23(31)16-28-24(32)20(27)14-18-9-5-3-6-10-18/h3-12,17,20-22H,13-16,27H2,1-2H3,(H,28,32)(H,29,31)(H,30,33)(H,34,35). The van der Waals surface area contributed by atoms with Crippen LogP contribution in [0.15, 0.2) is 60.7 Å². The average Bonchev–Trinajstić information content (AvgIpc) is 2.82. The van der Waals surface area contributed by atoms with Gasteiger partial charge in [-0.2, -0.15) is 0 Å². The minimum atomic E-state index is -1.14. The van der Waals surface area contributed by atoms with Crippen LogP contribution in [0.2, 0.25) is 0 Å². The molecular weight excluding hydrogens is 448 g/mol. The van der Waals surface area contributed by atoms with E-state index >= 15 is 0 Å². The monoisotopic (exact) mass is 482 g/mol. The highest BCUT2D eigenvalue weighted by Gasteiger charge is 2.27. The first-order chi connectivity index (χ1) is 16.7. The third-order valence-corrected chi connectivity index (χ3v) is 5.31. The van der Waals surface area contributed by atoms with Gasteiger partial charge < -0.3 is 26.8 Å². The number of carbonyl (C=O) groups excluding carboxylic acids is 3. The van der Waals surface area contributed by atoms with Crippen molar-refractivity contribution in [1.82, 2.24) is 16.0 Å². The van der Waals surface area contributed by atoms with Crippen LogP contribution in [-0.2, 0) is 32.0 Å². The number of benzene rings is 2. The Balaban J connectivity index is 1.99. The number of nitrogens with one attached hydrogen (secondary N) is 3. The SMILES string of the molecule is CC(C)CC(NC(=O)C(Cc1ccccc1)NC(=O)CNC(=O)C(N)Cc1ccccc1)C(=O)O. The highest BCUT2D eigenvalue weighted by atomic mass is 16.4. The quantitative estimate of drug-likeness (QED) is 0.288. The van der Waals surface area contributed by atoms with Gasteiger partial charge in [-0.25, -0.2) is 4.79 Å². The summed E-state index contributed by atoms with van der Waals surface area (Å²) in [6, 6.07) is 15.4. The van der Waals surface area contributed by atoms with Crippen LogP contribution in [0.1, 0.15) is 31.4 Å². The topological polar surface area (TPSA) is 151 Å². The molecule has 0 aliphatic heterocycles. The third kappa shape index (κ3) is 9.97. The molecule has 6 N–H and O–H groups in total. The van der Waals surface area contributed by atoms with Crippen molar-refractivity contribution in [2.45, 2.75) is 51.2 Å². The van der Waals surface area contributed by atoms with Crippen LogP contribution in [0.5, 0.6) is 0 Å². The van der Waals surface area contributed by atoms with Gasteiger partial charge in [0.05, 0.1) is 12.6 Å². The van der Waals surface area contributed by atoms with Crippen molar-refractivity contribution in [2.24, 2.45) is 11.7 Å². The predicted molar refractivity (Wildman–Crippen MR) is 132 cm³/mol. The van der Waals surface area contributed by atoms with E-state index in [1.807, 2.05) is 50.2 Å². The van der Waals surface area contributed by atoms with Crippen LogP contribution in [-0.4, -0.2) is 53.5 Å². The summed E-state index contributed by atoms with van der Waals surface area (Å²) >= 11 is 0. The highest BCUT2D eigenvalue weighted by molar-refractivity contribution is 5.92. The lowest BCUT2D eigenvalue weighted by Gasteiger charge is -2.23. The van der Waals surface area contributed by atoms with E-state index in [-0.39, 0.29) is 25.3 Å². The zero-order valence-corrected chi connectivity index (χ0v) is 20.1. The summed E-state index contributed by atoms with van der Waals surface area (Å²) < 4.78 is 0. The molecule has 0 saturated carbocycles. The average molecular weight is 483 g/mol. The third-order valence-electron chi connectivity index (χ3n) is 5.31. The fraction of sp³-hybridized carbons (Fsp3) is 0.385. The lowest BCUT2D eigenvalue weighted by molar-refractivity contribution is -0.142. The van der Waals surface area contributed by atoms with E-state index in [1.165, 1.54) is 0 Å². The second-order valence-electron chi connectivity index (χ2n) is 8.85. The van der Waals surface area contributed by atoms with Gasteiger partial charge in [0.1, 0.15) is 12.1 Å². The molecule has 188 valence electrons. The lowest BCUT2D eigenvalue weighted by Crippen LogP contribution is -2.54. The first kappa shape index (κ1) is 27.5. The van der Waals surface area contributed by atoms with Gasteiger partial charge in [-0.05, 0) is 29.9 Å². The van der Waals surface area contributed by atoms with Crippen LogP contribution in [0.4, 0.5) is 0 Å². The molecule has 0 bridgehead atoms. The number of hydrogen-bond donors (Lipinski definition) is 5. The fourth-order valence-electron chi connectivity index (χ4n) is 3.53. The van der Waals surface area contributed by atoms with Gasteiger partial charge in [-0.3, -0.25) is 14.4 Å². The molecule has 2 aromatic carbocycles. The number of rotatable bonds is 13. The summed E-state index contributed by atoms with van der Waals surface area (Å²) in [5, 5.41) is 17.1. The first-order valence-electron chi connectivity index (χ1n) is 11.6. The Bertz CT molecular complexity index is 982. The van der Waals surface area contributed by atoms with Crippen molar-refractivity contribution >= 4 is 23.7 Å². The minimum Gasteiger partial charge on any atom is -0.480 e. The zero-order chi connectivity index (χ0) is 25.8. The summed E-state index contributed by atoms with van der Waals surface area (Å²) in [6.07, 6.45) is 0.732. The van der Waals surface area contributed by atoms with Crippen LogP contribution in [0.3, 0.4) is 0 Å².